The van der Waals surface area contributed by atoms with Crippen molar-refractivity contribution in [2.75, 3.05) is 38.2 Å². The van der Waals surface area contributed by atoms with Crippen LogP contribution in [0.1, 0.15) is 5.56 Å². The lowest BCUT2D eigenvalue weighted by atomic mass is 10.2. The molecule has 0 N–H and O–H groups in total. The number of fused-ring (bicyclic) bond motifs is 1. The number of carbonyl (C=O) groups is 1. The lowest BCUT2D eigenvalue weighted by Gasteiger charge is -2.36. The summed E-state index contributed by atoms with van der Waals surface area (Å²) in [5.74, 6) is 0.729. The molecule has 3 aromatic rings. The maximum atomic E-state index is 12.8. The van der Waals surface area contributed by atoms with E-state index in [4.69, 9.17) is 16.3 Å². The topological polar surface area (TPSA) is 63.5 Å². The molecule has 0 saturated carbocycles. The van der Waals surface area contributed by atoms with Crippen molar-refractivity contribution in [2.24, 2.45) is 0 Å². The molecule has 0 aliphatic carbocycles. The van der Waals surface area contributed by atoms with Crippen molar-refractivity contribution in [1.82, 2.24) is 19.7 Å². The number of carbonyl (C=O) groups excluding carboxylic acids is 1. The Balaban J connectivity index is 1.40. The van der Waals surface area contributed by atoms with Crippen LogP contribution in [0.5, 0.6) is 5.75 Å². The van der Waals surface area contributed by atoms with Gasteiger partial charge in [0.1, 0.15) is 17.8 Å². The Labute approximate surface area is 168 Å². The minimum absolute atomic E-state index is 0.0693. The van der Waals surface area contributed by atoms with Crippen LogP contribution in [0.15, 0.2) is 36.7 Å². The van der Waals surface area contributed by atoms with E-state index in [-0.39, 0.29) is 12.5 Å². The van der Waals surface area contributed by atoms with Gasteiger partial charge in [0.2, 0.25) is 5.91 Å². The number of ether oxygens (including phenoxy) is 1. The number of anilines is 1. The minimum Gasteiger partial charge on any atom is -0.495 e. The van der Waals surface area contributed by atoms with Gasteiger partial charge in [-0.1, -0.05) is 11.6 Å². The third-order valence-corrected chi connectivity index (χ3v) is 5.36. The Hall–Kier alpha value is -2.80. The fourth-order valence-electron chi connectivity index (χ4n) is 3.47. The molecule has 8 heteroatoms. The van der Waals surface area contributed by atoms with Gasteiger partial charge < -0.3 is 14.5 Å². The normalized spacial score (nSPS) is 14.5. The van der Waals surface area contributed by atoms with Gasteiger partial charge in [-0.3, -0.25) is 14.5 Å². The third kappa shape index (κ3) is 3.62. The van der Waals surface area contributed by atoms with Crippen LogP contribution in [0.4, 0.5) is 5.69 Å². The number of benzene rings is 1. The Bertz CT molecular complexity index is 1010. The summed E-state index contributed by atoms with van der Waals surface area (Å²) in [6.45, 7) is 5.06. The highest BCUT2D eigenvalue weighted by atomic mass is 35.5. The predicted molar refractivity (Wildman–Crippen MR) is 109 cm³/mol. The molecule has 0 spiro atoms. The number of piperazine rings is 1. The van der Waals surface area contributed by atoms with Gasteiger partial charge in [-0.05, 0) is 30.7 Å². The van der Waals surface area contributed by atoms with E-state index in [0.717, 1.165) is 35.4 Å². The molecule has 1 saturated heterocycles. The molecule has 1 aliphatic heterocycles. The van der Waals surface area contributed by atoms with Crippen LogP contribution in [-0.4, -0.2) is 58.9 Å². The molecule has 0 atom stereocenters. The Morgan fingerprint density at radius 3 is 2.71 bits per heavy atom. The van der Waals surface area contributed by atoms with Crippen molar-refractivity contribution in [3.8, 4) is 5.75 Å². The zero-order valence-electron chi connectivity index (χ0n) is 15.9. The molecule has 1 aliphatic rings. The van der Waals surface area contributed by atoms with Crippen LogP contribution in [0.25, 0.3) is 11.0 Å². The van der Waals surface area contributed by atoms with Gasteiger partial charge in [0.25, 0.3) is 0 Å². The smallest absolute Gasteiger partial charge is 0.244 e. The largest absolute Gasteiger partial charge is 0.495 e. The molecular weight excluding hydrogens is 378 g/mol. The minimum atomic E-state index is 0.0693. The molecule has 146 valence electrons. The van der Waals surface area contributed by atoms with E-state index in [9.17, 15) is 4.79 Å². The van der Waals surface area contributed by atoms with Crippen molar-refractivity contribution in [2.45, 2.75) is 13.5 Å². The van der Waals surface area contributed by atoms with Crippen LogP contribution in [0, 0.1) is 6.92 Å². The summed E-state index contributed by atoms with van der Waals surface area (Å²) in [5, 5.41) is 4.92. The first-order chi connectivity index (χ1) is 13.5. The number of aryl methyl sites for hydroxylation is 1. The second kappa shape index (κ2) is 7.67. The number of hydrogen-bond acceptors (Lipinski definition) is 5. The van der Waals surface area contributed by atoms with Gasteiger partial charge in [-0.2, -0.15) is 5.10 Å². The van der Waals surface area contributed by atoms with Crippen molar-refractivity contribution in [3.63, 3.8) is 0 Å². The summed E-state index contributed by atoms with van der Waals surface area (Å²) < 4.78 is 7.03. The van der Waals surface area contributed by atoms with Crippen LogP contribution in [-0.2, 0) is 11.3 Å². The van der Waals surface area contributed by atoms with E-state index in [2.05, 4.69) is 15.0 Å². The lowest BCUT2D eigenvalue weighted by molar-refractivity contribution is -0.132. The molecule has 1 fully saturated rings. The molecule has 0 bridgehead atoms. The van der Waals surface area contributed by atoms with Gasteiger partial charge in [-0.15, -0.1) is 0 Å². The zero-order valence-corrected chi connectivity index (χ0v) is 16.7. The summed E-state index contributed by atoms with van der Waals surface area (Å²) in [7, 11) is 1.61. The number of rotatable bonds is 4. The average Bonchev–Trinajstić information content (AvgIpc) is 3.10. The molecule has 1 aromatic carbocycles. The first-order valence-corrected chi connectivity index (χ1v) is 9.57. The van der Waals surface area contributed by atoms with Gasteiger partial charge in [0, 0.05) is 44.1 Å². The highest BCUT2D eigenvalue weighted by Crippen LogP contribution is 2.29. The van der Waals surface area contributed by atoms with Crippen LogP contribution in [0.2, 0.25) is 5.02 Å². The van der Waals surface area contributed by atoms with Crippen molar-refractivity contribution in [3.05, 3.63) is 47.2 Å². The number of amides is 1. The molecule has 0 radical (unpaired) electrons. The number of methoxy groups -OCH3 is 1. The Morgan fingerprint density at radius 2 is 1.96 bits per heavy atom. The first-order valence-electron chi connectivity index (χ1n) is 9.19. The average molecular weight is 400 g/mol. The van der Waals surface area contributed by atoms with Crippen LogP contribution < -0.4 is 9.64 Å². The number of aromatic nitrogens is 3. The number of halogens is 1. The summed E-state index contributed by atoms with van der Waals surface area (Å²) in [6.07, 6.45) is 3.51. The second-order valence-electron chi connectivity index (χ2n) is 6.91. The van der Waals surface area contributed by atoms with Gasteiger partial charge >= 0.3 is 0 Å². The van der Waals surface area contributed by atoms with E-state index in [0.29, 0.717) is 23.9 Å². The quantitative estimate of drug-likeness (QED) is 0.675. The zero-order chi connectivity index (χ0) is 19.7. The van der Waals surface area contributed by atoms with E-state index >= 15 is 0 Å². The summed E-state index contributed by atoms with van der Waals surface area (Å²) in [4.78, 5) is 21.2. The second-order valence-corrected chi connectivity index (χ2v) is 7.31. The van der Waals surface area contributed by atoms with Gasteiger partial charge in [-0.25, -0.2) is 0 Å². The number of pyridine rings is 1. The van der Waals surface area contributed by atoms with E-state index in [1.54, 1.807) is 24.2 Å². The highest BCUT2D eigenvalue weighted by molar-refractivity contribution is 6.32. The van der Waals surface area contributed by atoms with Gasteiger partial charge in [0.15, 0.2) is 0 Å². The monoisotopic (exact) mass is 399 g/mol. The maximum Gasteiger partial charge on any atom is 0.244 e. The van der Waals surface area contributed by atoms with Crippen molar-refractivity contribution in [1.29, 1.82) is 0 Å². The fourth-order valence-corrected chi connectivity index (χ4v) is 3.67. The number of hydrogen-bond donors (Lipinski definition) is 0. The molecule has 1 amide bonds. The highest BCUT2D eigenvalue weighted by Gasteiger charge is 2.22. The molecule has 7 nitrogen and oxygen atoms in total. The van der Waals surface area contributed by atoms with E-state index < -0.39 is 0 Å². The molecule has 3 heterocycles. The molecule has 2 aromatic heterocycles. The SMILES string of the molecule is COc1cc(N2CCN(C(=O)Cn3ncc4ncc(C)cc43)CC2)ccc1Cl. The number of nitrogens with zero attached hydrogens (tertiary/aromatic N) is 5. The molecular formula is C20H22ClN5O2. The fraction of sp³-hybridized carbons (Fsp3) is 0.350. The Kier molecular flexibility index (Phi) is 5.09. The first kappa shape index (κ1) is 18.6. The summed E-state index contributed by atoms with van der Waals surface area (Å²) in [6, 6.07) is 7.76. The van der Waals surface area contributed by atoms with E-state index in [1.807, 2.05) is 36.1 Å². The molecule has 4 rings (SSSR count). The standard InChI is InChI=1S/C20H22ClN5O2/c1-14-9-18-17(22-11-14)12-23-26(18)13-20(27)25-7-5-24(6-8-25)15-3-4-16(21)19(10-15)28-2/h3-4,9-12H,5-8,13H2,1-2H3. The molecule has 0 unspecified atom stereocenters. The summed E-state index contributed by atoms with van der Waals surface area (Å²) >= 11 is 6.11. The molecule has 28 heavy (non-hydrogen) atoms. The van der Waals surface area contributed by atoms with Crippen LogP contribution in [0.3, 0.4) is 0 Å². The predicted octanol–water partition coefficient (Wildman–Crippen LogP) is 2.75. The maximum absolute atomic E-state index is 12.8. The van der Waals surface area contributed by atoms with Crippen LogP contribution >= 0.6 is 11.6 Å². The third-order valence-electron chi connectivity index (χ3n) is 5.05. The lowest BCUT2D eigenvalue weighted by Crippen LogP contribution is -2.49. The summed E-state index contributed by atoms with van der Waals surface area (Å²) in [5.41, 5.74) is 3.79. The van der Waals surface area contributed by atoms with E-state index in [1.165, 1.54) is 0 Å². The Morgan fingerprint density at radius 1 is 1.18 bits per heavy atom. The van der Waals surface area contributed by atoms with Gasteiger partial charge in [0.05, 0.1) is 23.8 Å². The van der Waals surface area contributed by atoms with Crippen molar-refractivity contribution >= 4 is 34.2 Å². The van der Waals surface area contributed by atoms with Crippen molar-refractivity contribution < 1.29 is 9.53 Å².